The van der Waals surface area contributed by atoms with Crippen LogP contribution in [0, 0.1) is 6.92 Å². The first-order valence-electron chi connectivity index (χ1n) is 5.13. The van der Waals surface area contributed by atoms with Gasteiger partial charge in [0.15, 0.2) is 0 Å². The summed E-state index contributed by atoms with van der Waals surface area (Å²) in [5.41, 5.74) is 7.91. The van der Waals surface area contributed by atoms with Gasteiger partial charge in [-0.3, -0.25) is 4.79 Å². The molecule has 3 nitrogen and oxygen atoms in total. The van der Waals surface area contributed by atoms with Crippen LogP contribution < -0.4 is 5.73 Å². The summed E-state index contributed by atoms with van der Waals surface area (Å²) in [4.78, 5) is 11.0. The number of methoxy groups -OCH3 is 1. The highest BCUT2D eigenvalue weighted by atomic mass is 35.5. The van der Waals surface area contributed by atoms with Gasteiger partial charge < -0.3 is 10.5 Å². The molecule has 0 aliphatic heterocycles. The van der Waals surface area contributed by atoms with Crippen molar-refractivity contribution in [2.75, 3.05) is 7.11 Å². The lowest BCUT2D eigenvalue weighted by atomic mass is 10.0. The van der Waals surface area contributed by atoms with E-state index in [1.54, 1.807) is 0 Å². The first kappa shape index (κ1) is 13.0. The zero-order valence-corrected chi connectivity index (χ0v) is 10.3. The molecule has 0 amide bonds. The molecule has 1 atom stereocenters. The average molecular weight is 242 g/mol. The first-order valence-corrected chi connectivity index (χ1v) is 5.51. The van der Waals surface area contributed by atoms with Gasteiger partial charge in [0.1, 0.15) is 0 Å². The third-order valence-corrected chi connectivity index (χ3v) is 2.92. The zero-order valence-electron chi connectivity index (χ0n) is 9.50. The molecule has 0 saturated carbocycles. The topological polar surface area (TPSA) is 52.3 Å². The van der Waals surface area contributed by atoms with Gasteiger partial charge in [0, 0.05) is 17.5 Å². The van der Waals surface area contributed by atoms with E-state index in [2.05, 4.69) is 4.74 Å². The van der Waals surface area contributed by atoms with Crippen LogP contribution >= 0.6 is 11.6 Å². The normalized spacial score (nSPS) is 12.2. The van der Waals surface area contributed by atoms with E-state index in [0.29, 0.717) is 17.9 Å². The number of nitrogens with two attached hydrogens (primary N) is 1. The van der Waals surface area contributed by atoms with Gasteiger partial charge in [-0.1, -0.05) is 23.7 Å². The summed E-state index contributed by atoms with van der Waals surface area (Å²) in [7, 11) is 1.37. The molecule has 4 heteroatoms. The van der Waals surface area contributed by atoms with Gasteiger partial charge in [0.25, 0.3) is 0 Å². The highest BCUT2D eigenvalue weighted by molar-refractivity contribution is 6.31. The molecule has 1 aromatic carbocycles. The molecule has 1 unspecified atom stereocenters. The van der Waals surface area contributed by atoms with Crippen molar-refractivity contribution in [3.63, 3.8) is 0 Å². The quantitative estimate of drug-likeness (QED) is 0.825. The van der Waals surface area contributed by atoms with Crippen LogP contribution in [0.25, 0.3) is 0 Å². The number of rotatable bonds is 4. The van der Waals surface area contributed by atoms with Crippen LogP contribution in [0.2, 0.25) is 5.02 Å². The number of hydrogen-bond acceptors (Lipinski definition) is 3. The van der Waals surface area contributed by atoms with E-state index in [9.17, 15) is 4.79 Å². The molecule has 16 heavy (non-hydrogen) atoms. The van der Waals surface area contributed by atoms with Gasteiger partial charge in [-0.2, -0.15) is 0 Å². The Bertz CT molecular complexity index is 379. The Balaban J connectivity index is 2.62. The van der Waals surface area contributed by atoms with Crippen molar-refractivity contribution in [1.29, 1.82) is 0 Å². The minimum absolute atomic E-state index is 0.183. The average Bonchev–Trinajstić information content (AvgIpc) is 2.29. The van der Waals surface area contributed by atoms with Crippen molar-refractivity contribution in [2.45, 2.75) is 25.8 Å². The lowest BCUT2D eigenvalue weighted by Gasteiger charge is -2.12. The molecule has 0 fully saturated rings. The van der Waals surface area contributed by atoms with Crippen LogP contribution in [0.15, 0.2) is 18.2 Å². The number of halogens is 1. The Labute approximate surface area is 101 Å². The minimum Gasteiger partial charge on any atom is -0.469 e. The van der Waals surface area contributed by atoms with Crippen LogP contribution in [-0.2, 0) is 9.53 Å². The maximum atomic E-state index is 11.0. The number of carbonyl (C=O) groups is 1. The molecule has 0 bridgehead atoms. The van der Waals surface area contributed by atoms with Gasteiger partial charge >= 0.3 is 5.97 Å². The Morgan fingerprint density at radius 2 is 2.25 bits per heavy atom. The number of benzene rings is 1. The molecule has 0 aromatic heterocycles. The highest BCUT2D eigenvalue weighted by Gasteiger charge is 2.10. The van der Waals surface area contributed by atoms with E-state index in [0.717, 1.165) is 11.1 Å². The van der Waals surface area contributed by atoms with Crippen LogP contribution in [-0.4, -0.2) is 13.1 Å². The van der Waals surface area contributed by atoms with Crippen molar-refractivity contribution in [2.24, 2.45) is 5.73 Å². The van der Waals surface area contributed by atoms with Crippen molar-refractivity contribution in [3.8, 4) is 0 Å². The third kappa shape index (κ3) is 3.51. The van der Waals surface area contributed by atoms with Crippen molar-refractivity contribution in [3.05, 3.63) is 34.3 Å². The SMILES string of the molecule is COC(=O)CCC(N)c1ccc(C)c(Cl)c1. The molecule has 0 spiro atoms. The standard InChI is InChI=1S/C12H16ClNO2/c1-8-3-4-9(7-10(8)13)11(14)5-6-12(15)16-2/h3-4,7,11H,5-6,14H2,1-2H3. The lowest BCUT2D eigenvalue weighted by Crippen LogP contribution is -2.13. The molecular formula is C12H16ClNO2. The fourth-order valence-corrected chi connectivity index (χ4v) is 1.57. The molecular weight excluding hydrogens is 226 g/mol. The molecule has 0 radical (unpaired) electrons. The molecule has 0 aliphatic rings. The molecule has 88 valence electrons. The minimum atomic E-state index is -0.242. The predicted octanol–water partition coefficient (Wildman–Crippen LogP) is 2.60. The smallest absolute Gasteiger partial charge is 0.305 e. The Morgan fingerprint density at radius 3 is 2.81 bits per heavy atom. The largest absolute Gasteiger partial charge is 0.469 e. The van der Waals surface area contributed by atoms with Crippen LogP contribution in [0.4, 0.5) is 0 Å². The first-order chi connectivity index (χ1) is 7.54. The van der Waals surface area contributed by atoms with Crippen molar-refractivity contribution < 1.29 is 9.53 Å². The maximum absolute atomic E-state index is 11.0. The van der Waals surface area contributed by atoms with Crippen molar-refractivity contribution >= 4 is 17.6 Å². The molecule has 1 aromatic rings. The Kier molecular flexibility index (Phi) is 4.77. The molecule has 1 rings (SSSR count). The van der Waals surface area contributed by atoms with Crippen molar-refractivity contribution in [1.82, 2.24) is 0 Å². The monoisotopic (exact) mass is 241 g/mol. The Morgan fingerprint density at radius 1 is 1.56 bits per heavy atom. The summed E-state index contributed by atoms with van der Waals surface area (Å²) < 4.78 is 4.56. The van der Waals surface area contributed by atoms with Gasteiger partial charge in [-0.25, -0.2) is 0 Å². The van der Waals surface area contributed by atoms with Crippen LogP contribution in [0.5, 0.6) is 0 Å². The molecule has 2 N–H and O–H groups in total. The zero-order chi connectivity index (χ0) is 12.1. The second kappa shape index (κ2) is 5.87. The summed E-state index contributed by atoms with van der Waals surface area (Å²) in [6.07, 6.45) is 0.884. The van der Waals surface area contributed by atoms with E-state index >= 15 is 0 Å². The second-order valence-corrected chi connectivity index (χ2v) is 4.14. The van der Waals surface area contributed by atoms with E-state index in [-0.39, 0.29) is 12.0 Å². The predicted molar refractivity (Wildman–Crippen MR) is 64.4 cm³/mol. The molecule has 0 saturated heterocycles. The third-order valence-electron chi connectivity index (χ3n) is 2.51. The maximum Gasteiger partial charge on any atom is 0.305 e. The molecule has 0 heterocycles. The highest BCUT2D eigenvalue weighted by Crippen LogP contribution is 2.22. The summed E-state index contributed by atoms with van der Waals surface area (Å²) in [5, 5.41) is 0.700. The van der Waals surface area contributed by atoms with E-state index in [4.69, 9.17) is 17.3 Å². The van der Waals surface area contributed by atoms with Gasteiger partial charge in [0.05, 0.1) is 7.11 Å². The fraction of sp³-hybridized carbons (Fsp3) is 0.417. The van der Waals surface area contributed by atoms with Gasteiger partial charge in [0.2, 0.25) is 0 Å². The van der Waals surface area contributed by atoms with E-state index in [1.807, 2.05) is 25.1 Å². The summed E-state index contributed by atoms with van der Waals surface area (Å²) in [6.45, 7) is 1.94. The second-order valence-electron chi connectivity index (χ2n) is 3.73. The van der Waals surface area contributed by atoms with Gasteiger partial charge in [-0.05, 0) is 30.5 Å². The van der Waals surface area contributed by atoms with E-state index in [1.165, 1.54) is 7.11 Å². The summed E-state index contributed by atoms with van der Waals surface area (Å²) >= 11 is 6.00. The summed E-state index contributed by atoms with van der Waals surface area (Å²) in [6, 6.07) is 5.52. The van der Waals surface area contributed by atoms with Crippen LogP contribution in [0.3, 0.4) is 0 Å². The number of ether oxygens (including phenoxy) is 1. The summed E-state index contributed by atoms with van der Waals surface area (Å²) in [5.74, 6) is -0.242. The molecule has 0 aliphatic carbocycles. The fourth-order valence-electron chi connectivity index (χ4n) is 1.38. The number of esters is 1. The van der Waals surface area contributed by atoms with E-state index < -0.39 is 0 Å². The lowest BCUT2D eigenvalue weighted by molar-refractivity contribution is -0.140. The Hall–Kier alpha value is -1.06. The number of carbonyl (C=O) groups excluding carboxylic acids is 1. The van der Waals surface area contributed by atoms with Gasteiger partial charge in [-0.15, -0.1) is 0 Å². The number of hydrogen-bond donors (Lipinski definition) is 1. The number of aryl methyl sites for hydroxylation is 1. The van der Waals surface area contributed by atoms with Crippen LogP contribution in [0.1, 0.15) is 30.0 Å².